The number of aromatic amines is 1. The van der Waals surface area contributed by atoms with Crippen molar-refractivity contribution in [1.82, 2.24) is 29.9 Å². The average Bonchev–Trinajstić information content (AvgIpc) is 3.19. The fourth-order valence-corrected chi connectivity index (χ4v) is 1.97. The van der Waals surface area contributed by atoms with E-state index in [-0.39, 0.29) is 0 Å². The molecule has 2 aromatic heterocycles. The van der Waals surface area contributed by atoms with Gasteiger partial charge in [0.1, 0.15) is 30.8 Å². The first-order chi connectivity index (χ1) is 10.3. The number of nitrogens with one attached hydrogen (secondary N) is 1. The maximum atomic E-state index is 6.19. The molecule has 0 aliphatic heterocycles. The van der Waals surface area contributed by atoms with Gasteiger partial charge in [-0.3, -0.25) is 5.10 Å². The highest BCUT2D eigenvalue weighted by molar-refractivity contribution is 5.32. The molecule has 2 heterocycles. The summed E-state index contributed by atoms with van der Waals surface area (Å²) >= 11 is 0. The van der Waals surface area contributed by atoms with Crippen LogP contribution in [0.25, 0.3) is 0 Å². The van der Waals surface area contributed by atoms with Crippen molar-refractivity contribution in [2.75, 3.05) is 7.11 Å². The molecule has 0 saturated heterocycles. The summed E-state index contributed by atoms with van der Waals surface area (Å²) in [6.45, 7) is 0.470. The van der Waals surface area contributed by atoms with Crippen molar-refractivity contribution in [3.63, 3.8) is 0 Å². The van der Waals surface area contributed by atoms with Gasteiger partial charge in [0.05, 0.1) is 13.2 Å². The summed E-state index contributed by atoms with van der Waals surface area (Å²) in [4.78, 5) is 8.27. The van der Waals surface area contributed by atoms with E-state index in [4.69, 9.17) is 10.5 Å². The molecule has 0 saturated carbocycles. The van der Waals surface area contributed by atoms with E-state index in [0.717, 1.165) is 11.3 Å². The molecule has 0 bridgehead atoms. The number of nitrogens with zero attached hydrogens (tertiary/aromatic N) is 5. The van der Waals surface area contributed by atoms with E-state index in [1.54, 1.807) is 18.1 Å². The third kappa shape index (κ3) is 2.90. The second kappa shape index (κ2) is 5.71. The minimum absolute atomic E-state index is 0.416. The van der Waals surface area contributed by atoms with Crippen molar-refractivity contribution in [2.24, 2.45) is 5.73 Å². The normalized spacial score (nSPS) is 12.3. The van der Waals surface area contributed by atoms with Gasteiger partial charge in [-0.25, -0.2) is 14.6 Å². The van der Waals surface area contributed by atoms with Crippen LogP contribution < -0.4 is 10.5 Å². The largest absolute Gasteiger partial charge is 0.497 e. The van der Waals surface area contributed by atoms with Gasteiger partial charge in [0.15, 0.2) is 5.82 Å². The minimum atomic E-state index is -0.416. The third-order valence-corrected chi connectivity index (χ3v) is 3.06. The highest BCUT2D eigenvalue weighted by Gasteiger charge is 2.15. The zero-order valence-electron chi connectivity index (χ0n) is 11.5. The fourth-order valence-electron chi connectivity index (χ4n) is 1.97. The van der Waals surface area contributed by atoms with Crippen molar-refractivity contribution in [2.45, 2.75) is 12.6 Å². The predicted molar refractivity (Wildman–Crippen MR) is 74.5 cm³/mol. The van der Waals surface area contributed by atoms with Crippen LogP contribution in [0.2, 0.25) is 0 Å². The second-order valence-electron chi connectivity index (χ2n) is 4.49. The summed E-state index contributed by atoms with van der Waals surface area (Å²) in [5.41, 5.74) is 7.08. The predicted octanol–water partition coefficient (Wildman–Crippen LogP) is 0.501. The molecule has 0 unspecified atom stereocenters. The number of methoxy groups -OCH3 is 1. The Labute approximate surface area is 121 Å². The van der Waals surface area contributed by atoms with Gasteiger partial charge in [-0.05, 0) is 17.7 Å². The molecular weight excluding hydrogens is 270 g/mol. The van der Waals surface area contributed by atoms with Gasteiger partial charge in [-0.2, -0.15) is 10.2 Å². The zero-order valence-corrected chi connectivity index (χ0v) is 11.5. The van der Waals surface area contributed by atoms with E-state index in [1.165, 1.54) is 6.33 Å². The maximum absolute atomic E-state index is 6.19. The molecular formula is C13H15N7O. The van der Waals surface area contributed by atoms with Crippen LogP contribution in [0.3, 0.4) is 0 Å². The Bertz CT molecular complexity index is 707. The minimum Gasteiger partial charge on any atom is -0.497 e. The number of hydrogen-bond acceptors (Lipinski definition) is 6. The molecule has 108 valence electrons. The smallest absolute Gasteiger partial charge is 0.171 e. The molecule has 8 heteroatoms. The highest BCUT2D eigenvalue weighted by atomic mass is 16.5. The molecule has 8 nitrogen and oxygen atoms in total. The lowest BCUT2D eigenvalue weighted by molar-refractivity contribution is 0.414. The Morgan fingerprint density at radius 1 is 1.43 bits per heavy atom. The quantitative estimate of drug-likeness (QED) is 0.707. The molecule has 0 spiro atoms. The molecule has 21 heavy (non-hydrogen) atoms. The second-order valence-corrected chi connectivity index (χ2v) is 4.49. The van der Waals surface area contributed by atoms with Gasteiger partial charge in [0.2, 0.25) is 0 Å². The van der Waals surface area contributed by atoms with E-state index in [9.17, 15) is 0 Å². The van der Waals surface area contributed by atoms with Gasteiger partial charge in [0, 0.05) is 0 Å². The Morgan fingerprint density at radius 2 is 2.33 bits per heavy atom. The van der Waals surface area contributed by atoms with Gasteiger partial charge < -0.3 is 10.5 Å². The summed E-state index contributed by atoms with van der Waals surface area (Å²) < 4.78 is 6.85. The first-order valence-corrected chi connectivity index (χ1v) is 6.39. The lowest BCUT2D eigenvalue weighted by Gasteiger charge is -2.09. The van der Waals surface area contributed by atoms with Crippen LogP contribution in [-0.4, -0.2) is 37.1 Å². The summed E-state index contributed by atoms with van der Waals surface area (Å²) in [7, 11) is 1.62. The van der Waals surface area contributed by atoms with Crippen molar-refractivity contribution in [3.8, 4) is 5.75 Å². The lowest BCUT2D eigenvalue weighted by atomic mass is 10.1. The van der Waals surface area contributed by atoms with E-state index in [0.29, 0.717) is 18.2 Å². The Morgan fingerprint density at radius 3 is 3.10 bits per heavy atom. The summed E-state index contributed by atoms with van der Waals surface area (Å²) in [6, 6.07) is 7.13. The van der Waals surface area contributed by atoms with Crippen molar-refractivity contribution >= 4 is 0 Å². The van der Waals surface area contributed by atoms with Crippen LogP contribution >= 0.6 is 0 Å². The van der Waals surface area contributed by atoms with Crippen LogP contribution in [0.4, 0.5) is 0 Å². The highest BCUT2D eigenvalue weighted by Crippen LogP contribution is 2.20. The molecule has 1 atom stereocenters. The molecule has 0 radical (unpaired) electrons. The van der Waals surface area contributed by atoms with Crippen molar-refractivity contribution in [3.05, 3.63) is 54.1 Å². The number of ether oxygens (including phenoxy) is 1. The number of benzene rings is 1. The summed E-state index contributed by atoms with van der Waals surface area (Å²) in [5.74, 6) is 1.95. The number of H-pyrrole nitrogens is 1. The Balaban J connectivity index is 1.78. The Hall–Kier alpha value is -2.74. The standard InChI is InChI=1S/C13H15N7O/c1-21-10-4-2-3-9(5-10)12(14)13-17-11(18-19-13)6-20-8-15-7-16-20/h2-5,7-8,12H,6,14H2,1H3,(H,17,18,19)/t12-/m1/s1. The molecule has 0 aliphatic rings. The fraction of sp³-hybridized carbons (Fsp3) is 0.231. The van der Waals surface area contributed by atoms with Gasteiger partial charge in [-0.15, -0.1) is 0 Å². The molecule has 0 aliphatic carbocycles. The average molecular weight is 285 g/mol. The SMILES string of the molecule is COc1cccc([C@@H](N)c2n[nH]c(Cn3cncn3)n2)c1. The maximum Gasteiger partial charge on any atom is 0.171 e. The first-order valence-electron chi connectivity index (χ1n) is 6.39. The number of aromatic nitrogens is 6. The van der Waals surface area contributed by atoms with Crippen LogP contribution in [0.5, 0.6) is 5.75 Å². The molecule has 1 aromatic carbocycles. The molecule has 0 fully saturated rings. The van der Waals surface area contributed by atoms with Crippen LogP contribution in [-0.2, 0) is 6.54 Å². The van der Waals surface area contributed by atoms with Crippen LogP contribution in [0, 0.1) is 0 Å². The van der Waals surface area contributed by atoms with Gasteiger partial charge in [0.25, 0.3) is 0 Å². The molecule has 3 rings (SSSR count). The third-order valence-electron chi connectivity index (χ3n) is 3.06. The van der Waals surface area contributed by atoms with Crippen LogP contribution in [0.15, 0.2) is 36.9 Å². The molecule has 3 N–H and O–H groups in total. The summed E-state index contributed by atoms with van der Waals surface area (Å²) in [5, 5.41) is 11.0. The number of hydrogen-bond donors (Lipinski definition) is 2. The molecule has 0 amide bonds. The first kappa shape index (κ1) is 13.3. The van der Waals surface area contributed by atoms with E-state index in [2.05, 4.69) is 25.3 Å². The van der Waals surface area contributed by atoms with Gasteiger partial charge >= 0.3 is 0 Å². The monoisotopic (exact) mass is 285 g/mol. The van der Waals surface area contributed by atoms with Crippen LogP contribution in [0.1, 0.15) is 23.3 Å². The van der Waals surface area contributed by atoms with E-state index >= 15 is 0 Å². The van der Waals surface area contributed by atoms with Crippen molar-refractivity contribution < 1.29 is 4.74 Å². The summed E-state index contributed by atoms with van der Waals surface area (Å²) in [6.07, 6.45) is 3.09. The topological polar surface area (TPSA) is 108 Å². The number of rotatable bonds is 5. The number of nitrogens with two attached hydrogens (primary N) is 1. The Kier molecular flexibility index (Phi) is 3.61. The zero-order chi connectivity index (χ0) is 14.7. The lowest BCUT2D eigenvalue weighted by Crippen LogP contribution is -2.14. The van der Waals surface area contributed by atoms with E-state index < -0.39 is 6.04 Å². The molecule has 3 aromatic rings. The van der Waals surface area contributed by atoms with E-state index in [1.807, 2.05) is 24.3 Å². The van der Waals surface area contributed by atoms with Gasteiger partial charge in [-0.1, -0.05) is 12.1 Å². The van der Waals surface area contributed by atoms with Crippen molar-refractivity contribution in [1.29, 1.82) is 0 Å².